The number of hydrogen-bond donors (Lipinski definition) is 1. The molecule has 116 valence electrons. The standard InChI is InChI=1S/C17H22N4O/c1-12(17-20-19-16-4-2-3-8-21(16)17)18-11-13-5-6-15-14(10-13)7-9-22-15/h5-6,10,12,18H,2-4,7-9,11H2,1H3/t12-/m1/s1. The number of hydrogen-bond acceptors (Lipinski definition) is 4. The van der Waals surface area contributed by atoms with Gasteiger partial charge in [0.25, 0.3) is 0 Å². The Morgan fingerprint density at radius 2 is 2.23 bits per heavy atom. The molecule has 1 aromatic heterocycles. The molecule has 0 bridgehead atoms. The van der Waals surface area contributed by atoms with Crippen molar-refractivity contribution in [2.24, 2.45) is 0 Å². The SMILES string of the molecule is C[C@@H](NCc1ccc2c(c1)CCO2)c1nnc2n1CCCC2. The van der Waals surface area contributed by atoms with E-state index in [1.807, 2.05) is 0 Å². The second-order valence-electron chi connectivity index (χ2n) is 6.23. The number of ether oxygens (including phenoxy) is 1. The molecule has 4 rings (SSSR count). The van der Waals surface area contributed by atoms with Crippen LogP contribution < -0.4 is 10.1 Å². The number of nitrogens with one attached hydrogen (secondary N) is 1. The molecule has 0 unspecified atom stereocenters. The maximum atomic E-state index is 5.56. The summed E-state index contributed by atoms with van der Waals surface area (Å²) in [6, 6.07) is 6.69. The van der Waals surface area contributed by atoms with Gasteiger partial charge in [0.1, 0.15) is 17.4 Å². The van der Waals surface area contributed by atoms with Gasteiger partial charge in [0.05, 0.1) is 12.6 Å². The summed E-state index contributed by atoms with van der Waals surface area (Å²) in [5.74, 6) is 3.26. The van der Waals surface area contributed by atoms with Crippen LogP contribution in [0, 0.1) is 0 Å². The summed E-state index contributed by atoms with van der Waals surface area (Å²) in [4.78, 5) is 0. The molecular formula is C17H22N4O. The molecule has 1 N–H and O–H groups in total. The Labute approximate surface area is 130 Å². The van der Waals surface area contributed by atoms with Crippen molar-refractivity contribution >= 4 is 0 Å². The Kier molecular flexibility index (Phi) is 3.58. The molecule has 3 heterocycles. The van der Waals surface area contributed by atoms with Crippen LogP contribution in [0.15, 0.2) is 18.2 Å². The fourth-order valence-corrected chi connectivity index (χ4v) is 3.36. The number of benzene rings is 1. The summed E-state index contributed by atoms with van der Waals surface area (Å²) >= 11 is 0. The van der Waals surface area contributed by atoms with Crippen LogP contribution in [-0.4, -0.2) is 21.4 Å². The maximum Gasteiger partial charge on any atom is 0.149 e. The van der Waals surface area contributed by atoms with Gasteiger partial charge in [-0.2, -0.15) is 0 Å². The Hall–Kier alpha value is -1.88. The lowest BCUT2D eigenvalue weighted by Gasteiger charge is -2.19. The zero-order valence-electron chi connectivity index (χ0n) is 13.0. The predicted molar refractivity (Wildman–Crippen MR) is 83.9 cm³/mol. The first-order chi connectivity index (χ1) is 10.8. The molecule has 0 amide bonds. The minimum atomic E-state index is 0.212. The first-order valence-electron chi connectivity index (χ1n) is 8.21. The average Bonchev–Trinajstić information content (AvgIpc) is 3.18. The number of fused-ring (bicyclic) bond motifs is 2. The fourth-order valence-electron chi connectivity index (χ4n) is 3.36. The van der Waals surface area contributed by atoms with Crippen LogP contribution in [0.3, 0.4) is 0 Å². The van der Waals surface area contributed by atoms with Crippen molar-refractivity contribution in [3.8, 4) is 5.75 Å². The summed E-state index contributed by atoms with van der Waals surface area (Å²) in [5.41, 5.74) is 2.63. The molecule has 0 radical (unpaired) electrons. The lowest BCUT2D eigenvalue weighted by Crippen LogP contribution is -2.23. The van der Waals surface area contributed by atoms with Crippen molar-refractivity contribution in [1.82, 2.24) is 20.1 Å². The van der Waals surface area contributed by atoms with Crippen LogP contribution in [0.2, 0.25) is 0 Å². The average molecular weight is 298 g/mol. The monoisotopic (exact) mass is 298 g/mol. The minimum absolute atomic E-state index is 0.212. The molecule has 5 nitrogen and oxygen atoms in total. The number of aromatic nitrogens is 3. The van der Waals surface area contributed by atoms with E-state index < -0.39 is 0 Å². The van der Waals surface area contributed by atoms with Crippen molar-refractivity contribution in [1.29, 1.82) is 0 Å². The van der Waals surface area contributed by atoms with E-state index in [0.29, 0.717) is 0 Å². The maximum absolute atomic E-state index is 5.56. The van der Waals surface area contributed by atoms with Crippen molar-refractivity contribution in [2.75, 3.05) is 6.61 Å². The molecule has 1 aromatic carbocycles. The van der Waals surface area contributed by atoms with Gasteiger partial charge in [-0.3, -0.25) is 0 Å². The van der Waals surface area contributed by atoms with E-state index in [-0.39, 0.29) is 6.04 Å². The summed E-state index contributed by atoms with van der Waals surface area (Å²) in [6.07, 6.45) is 4.55. The first kappa shape index (κ1) is 13.8. The first-order valence-corrected chi connectivity index (χ1v) is 8.21. The van der Waals surface area contributed by atoms with E-state index in [0.717, 1.165) is 49.9 Å². The summed E-state index contributed by atoms with van der Waals surface area (Å²) in [7, 11) is 0. The van der Waals surface area contributed by atoms with Crippen LogP contribution in [0.1, 0.15) is 48.6 Å². The normalized spacial score (nSPS) is 17.7. The molecule has 2 aliphatic rings. The van der Waals surface area contributed by atoms with E-state index in [1.165, 1.54) is 24.0 Å². The third-order valence-corrected chi connectivity index (χ3v) is 4.64. The van der Waals surface area contributed by atoms with Gasteiger partial charge in [-0.1, -0.05) is 12.1 Å². The molecule has 0 fully saturated rings. The smallest absolute Gasteiger partial charge is 0.149 e. The molecule has 0 aliphatic carbocycles. The topological polar surface area (TPSA) is 52.0 Å². The molecule has 22 heavy (non-hydrogen) atoms. The molecule has 1 atom stereocenters. The van der Waals surface area contributed by atoms with E-state index in [4.69, 9.17) is 4.74 Å². The Morgan fingerprint density at radius 1 is 1.27 bits per heavy atom. The number of nitrogens with zero attached hydrogens (tertiary/aromatic N) is 3. The van der Waals surface area contributed by atoms with E-state index in [1.54, 1.807) is 0 Å². The van der Waals surface area contributed by atoms with Crippen LogP contribution >= 0.6 is 0 Å². The van der Waals surface area contributed by atoms with Crippen LogP contribution in [-0.2, 0) is 25.9 Å². The summed E-state index contributed by atoms with van der Waals surface area (Å²) in [6.45, 7) is 4.88. The highest BCUT2D eigenvalue weighted by Gasteiger charge is 2.20. The molecule has 2 aromatic rings. The van der Waals surface area contributed by atoms with Crippen molar-refractivity contribution in [3.05, 3.63) is 41.0 Å². The minimum Gasteiger partial charge on any atom is -0.493 e. The van der Waals surface area contributed by atoms with Gasteiger partial charge in [0.2, 0.25) is 0 Å². The zero-order valence-corrected chi connectivity index (χ0v) is 13.0. The lowest BCUT2D eigenvalue weighted by atomic mass is 10.1. The van der Waals surface area contributed by atoms with Gasteiger partial charge >= 0.3 is 0 Å². The molecular weight excluding hydrogens is 276 g/mol. The third kappa shape index (κ3) is 2.50. The molecule has 2 aliphatic heterocycles. The molecule has 0 saturated heterocycles. The Bertz CT molecular complexity index is 679. The van der Waals surface area contributed by atoms with Crippen LogP contribution in [0.25, 0.3) is 0 Å². The molecule has 0 saturated carbocycles. The zero-order chi connectivity index (χ0) is 14.9. The predicted octanol–water partition coefficient (Wildman–Crippen LogP) is 2.40. The summed E-state index contributed by atoms with van der Waals surface area (Å²) < 4.78 is 7.85. The van der Waals surface area contributed by atoms with Gasteiger partial charge in [-0.15, -0.1) is 10.2 Å². The van der Waals surface area contributed by atoms with Crippen LogP contribution in [0.4, 0.5) is 0 Å². The Morgan fingerprint density at radius 3 is 3.18 bits per heavy atom. The van der Waals surface area contributed by atoms with Crippen molar-refractivity contribution < 1.29 is 4.74 Å². The molecule has 5 heteroatoms. The number of rotatable bonds is 4. The highest BCUT2D eigenvalue weighted by atomic mass is 16.5. The van der Waals surface area contributed by atoms with Gasteiger partial charge in [0.15, 0.2) is 0 Å². The molecule has 0 spiro atoms. The fraction of sp³-hybridized carbons (Fsp3) is 0.529. The second-order valence-corrected chi connectivity index (χ2v) is 6.23. The lowest BCUT2D eigenvalue weighted by molar-refractivity contribution is 0.357. The van der Waals surface area contributed by atoms with Gasteiger partial charge in [-0.25, -0.2) is 0 Å². The highest BCUT2D eigenvalue weighted by Crippen LogP contribution is 2.26. The van der Waals surface area contributed by atoms with Gasteiger partial charge in [-0.05, 0) is 37.0 Å². The number of aryl methyl sites for hydroxylation is 1. The second kappa shape index (κ2) is 5.72. The quantitative estimate of drug-likeness (QED) is 0.941. The van der Waals surface area contributed by atoms with Gasteiger partial charge in [0, 0.05) is 25.9 Å². The highest BCUT2D eigenvalue weighted by molar-refractivity contribution is 5.39. The largest absolute Gasteiger partial charge is 0.493 e. The van der Waals surface area contributed by atoms with Crippen molar-refractivity contribution in [2.45, 2.75) is 51.7 Å². The third-order valence-electron chi connectivity index (χ3n) is 4.64. The van der Waals surface area contributed by atoms with E-state index in [2.05, 4.69) is 45.2 Å². The van der Waals surface area contributed by atoms with E-state index >= 15 is 0 Å². The van der Waals surface area contributed by atoms with Gasteiger partial charge < -0.3 is 14.6 Å². The van der Waals surface area contributed by atoms with Crippen molar-refractivity contribution in [3.63, 3.8) is 0 Å². The van der Waals surface area contributed by atoms with E-state index in [9.17, 15) is 0 Å². The summed E-state index contributed by atoms with van der Waals surface area (Å²) in [5, 5.41) is 12.3. The van der Waals surface area contributed by atoms with Crippen LogP contribution in [0.5, 0.6) is 5.75 Å². The Balaban J connectivity index is 1.44.